The molecule has 1 aliphatic rings. The number of hydrogen-bond donors (Lipinski definition) is 1. The van der Waals surface area contributed by atoms with E-state index in [4.69, 9.17) is 22.1 Å². The van der Waals surface area contributed by atoms with E-state index >= 15 is 0 Å². The molecule has 0 fully saturated rings. The Morgan fingerprint density at radius 3 is 2.88 bits per heavy atom. The van der Waals surface area contributed by atoms with E-state index in [-0.39, 0.29) is 5.41 Å². The number of rotatable bonds is 3. The highest BCUT2D eigenvalue weighted by Crippen LogP contribution is 2.40. The summed E-state index contributed by atoms with van der Waals surface area (Å²) in [4.78, 5) is 0. The summed E-state index contributed by atoms with van der Waals surface area (Å²) in [6, 6.07) is 4.02. The Kier molecular flexibility index (Phi) is 3.13. The molecule has 1 heterocycles. The minimum absolute atomic E-state index is 0.0219. The van der Waals surface area contributed by atoms with Gasteiger partial charge in [0.25, 0.3) is 0 Å². The van der Waals surface area contributed by atoms with Gasteiger partial charge in [0.2, 0.25) is 0 Å². The maximum absolute atomic E-state index is 6.15. The lowest BCUT2D eigenvalue weighted by molar-refractivity contribution is 0.342. The highest BCUT2D eigenvalue weighted by Gasteiger charge is 2.28. The fraction of sp³-hybridized carbons (Fsp3) is 0.538. The Balaban J connectivity index is 2.48. The predicted octanol–water partition coefficient (Wildman–Crippen LogP) is 2.90. The van der Waals surface area contributed by atoms with Crippen LogP contribution in [0.4, 0.5) is 0 Å². The Morgan fingerprint density at radius 1 is 1.44 bits per heavy atom. The molecule has 16 heavy (non-hydrogen) atoms. The zero-order valence-corrected chi connectivity index (χ0v) is 10.6. The summed E-state index contributed by atoms with van der Waals surface area (Å²) in [6.07, 6.45) is 1.89. The maximum atomic E-state index is 6.15. The molecule has 1 aromatic carbocycles. The number of nitrogens with two attached hydrogens (primary N) is 1. The van der Waals surface area contributed by atoms with Gasteiger partial charge in [-0.25, -0.2) is 0 Å². The molecule has 0 bridgehead atoms. The lowest BCUT2D eigenvalue weighted by atomic mass is 9.80. The van der Waals surface area contributed by atoms with E-state index in [2.05, 4.69) is 13.8 Å². The van der Waals surface area contributed by atoms with E-state index in [1.54, 1.807) is 0 Å². The fourth-order valence-electron chi connectivity index (χ4n) is 2.27. The summed E-state index contributed by atoms with van der Waals surface area (Å²) in [7, 11) is 0. The van der Waals surface area contributed by atoms with Crippen molar-refractivity contribution in [3.8, 4) is 5.75 Å². The molecule has 0 amide bonds. The normalized spacial score (nSPS) is 14.8. The first-order valence-corrected chi connectivity index (χ1v) is 6.08. The molecule has 88 valence electrons. The molecular weight excluding hydrogens is 222 g/mol. The van der Waals surface area contributed by atoms with E-state index in [0.29, 0.717) is 6.54 Å². The van der Waals surface area contributed by atoms with Crippen molar-refractivity contribution in [1.82, 2.24) is 0 Å². The molecule has 0 atom stereocenters. The van der Waals surface area contributed by atoms with Gasteiger partial charge in [-0.3, -0.25) is 0 Å². The molecule has 0 radical (unpaired) electrons. The fourth-order valence-corrected chi connectivity index (χ4v) is 2.51. The summed E-state index contributed by atoms with van der Waals surface area (Å²) in [6.45, 7) is 5.82. The van der Waals surface area contributed by atoms with Crippen LogP contribution in [-0.2, 0) is 11.8 Å². The van der Waals surface area contributed by atoms with Crippen molar-refractivity contribution in [2.75, 3.05) is 13.2 Å². The quantitative estimate of drug-likeness (QED) is 0.880. The van der Waals surface area contributed by atoms with E-state index in [1.165, 1.54) is 11.1 Å². The van der Waals surface area contributed by atoms with Crippen LogP contribution < -0.4 is 10.5 Å². The van der Waals surface area contributed by atoms with E-state index < -0.39 is 0 Å². The van der Waals surface area contributed by atoms with Crippen LogP contribution in [0.5, 0.6) is 5.75 Å². The molecule has 2 N–H and O–H groups in total. The van der Waals surface area contributed by atoms with E-state index in [1.807, 2.05) is 12.1 Å². The SMILES string of the molecule is CC(C)(CCN)c1cc(Cl)cc2c1OCC2. The van der Waals surface area contributed by atoms with Crippen molar-refractivity contribution in [2.24, 2.45) is 5.73 Å². The van der Waals surface area contributed by atoms with Crippen molar-refractivity contribution in [3.63, 3.8) is 0 Å². The molecule has 0 aromatic heterocycles. The van der Waals surface area contributed by atoms with E-state index in [9.17, 15) is 0 Å². The second-order valence-corrected chi connectivity index (χ2v) is 5.40. The number of ether oxygens (including phenoxy) is 1. The van der Waals surface area contributed by atoms with Gasteiger partial charge in [-0.05, 0) is 36.1 Å². The van der Waals surface area contributed by atoms with Crippen molar-refractivity contribution in [2.45, 2.75) is 32.1 Å². The van der Waals surface area contributed by atoms with Crippen molar-refractivity contribution >= 4 is 11.6 Å². The molecule has 0 spiro atoms. The van der Waals surface area contributed by atoms with Crippen LogP contribution in [0, 0.1) is 0 Å². The Morgan fingerprint density at radius 2 is 2.19 bits per heavy atom. The summed E-state index contributed by atoms with van der Waals surface area (Å²) in [5.74, 6) is 1.03. The van der Waals surface area contributed by atoms with Crippen molar-refractivity contribution in [3.05, 3.63) is 28.3 Å². The second-order valence-electron chi connectivity index (χ2n) is 4.96. The summed E-state index contributed by atoms with van der Waals surface area (Å²) < 4.78 is 5.72. The number of halogens is 1. The van der Waals surface area contributed by atoms with Crippen LogP contribution in [0.15, 0.2) is 12.1 Å². The second kappa shape index (κ2) is 4.27. The standard InChI is InChI=1S/C13H18ClNO/c1-13(2,4-5-15)11-8-10(14)7-9-3-6-16-12(9)11/h7-8H,3-6,15H2,1-2H3. The molecule has 3 heteroatoms. The van der Waals surface area contributed by atoms with Crippen LogP contribution in [0.25, 0.3) is 0 Å². The topological polar surface area (TPSA) is 35.2 Å². The first-order valence-electron chi connectivity index (χ1n) is 5.70. The Labute approximate surface area is 102 Å². The summed E-state index contributed by atoms with van der Waals surface area (Å²) >= 11 is 6.15. The summed E-state index contributed by atoms with van der Waals surface area (Å²) in [5, 5.41) is 0.796. The van der Waals surface area contributed by atoms with Gasteiger partial charge in [0, 0.05) is 17.0 Å². The zero-order chi connectivity index (χ0) is 11.8. The van der Waals surface area contributed by atoms with Crippen LogP contribution in [-0.4, -0.2) is 13.2 Å². The monoisotopic (exact) mass is 239 g/mol. The molecule has 0 saturated heterocycles. The van der Waals surface area contributed by atoms with Gasteiger partial charge in [-0.15, -0.1) is 0 Å². The average Bonchev–Trinajstić information content (AvgIpc) is 2.63. The van der Waals surface area contributed by atoms with Crippen molar-refractivity contribution < 1.29 is 4.74 Å². The van der Waals surface area contributed by atoms with Crippen LogP contribution >= 0.6 is 11.6 Å². The van der Waals surface area contributed by atoms with Gasteiger partial charge in [0.05, 0.1) is 6.61 Å². The maximum Gasteiger partial charge on any atom is 0.126 e. The molecule has 1 aliphatic heterocycles. The molecule has 0 unspecified atom stereocenters. The third-order valence-corrected chi connectivity index (χ3v) is 3.47. The largest absolute Gasteiger partial charge is 0.493 e. The lowest BCUT2D eigenvalue weighted by Gasteiger charge is -2.26. The van der Waals surface area contributed by atoms with Gasteiger partial charge in [0.1, 0.15) is 5.75 Å². The highest BCUT2D eigenvalue weighted by molar-refractivity contribution is 6.30. The van der Waals surface area contributed by atoms with Gasteiger partial charge < -0.3 is 10.5 Å². The highest BCUT2D eigenvalue weighted by atomic mass is 35.5. The smallest absolute Gasteiger partial charge is 0.126 e. The molecule has 0 saturated carbocycles. The molecule has 2 rings (SSSR count). The predicted molar refractivity (Wildman–Crippen MR) is 67.3 cm³/mol. The van der Waals surface area contributed by atoms with Crippen molar-refractivity contribution in [1.29, 1.82) is 0 Å². The van der Waals surface area contributed by atoms with Crippen LogP contribution in [0.1, 0.15) is 31.4 Å². The van der Waals surface area contributed by atoms with Gasteiger partial charge in [-0.2, -0.15) is 0 Å². The van der Waals surface area contributed by atoms with Gasteiger partial charge in [0.15, 0.2) is 0 Å². The molecular formula is C13H18ClNO. The van der Waals surface area contributed by atoms with Crippen LogP contribution in [0.3, 0.4) is 0 Å². The first-order chi connectivity index (χ1) is 7.54. The Hall–Kier alpha value is -0.730. The number of benzene rings is 1. The summed E-state index contributed by atoms with van der Waals surface area (Å²) in [5.41, 5.74) is 8.11. The lowest BCUT2D eigenvalue weighted by Crippen LogP contribution is -2.22. The third-order valence-electron chi connectivity index (χ3n) is 3.25. The van der Waals surface area contributed by atoms with Gasteiger partial charge in [-0.1, -0.05) is 25.4 Å². The molecule has 1 aromatic rings. The third kappa shape index (κ3) is 2.04. The first kappa shape index (κ1) is 11.7. The van der Waals surface area contributed by atoms with Crippen LogP contribution in [0.2, 0.25) is 5.02 Å². The molecule has 0 aliphatic carbocycles. The van der Waals surface area contributed by atoms with E-state index in [0.717, 1.165) is 30.2 Å². The molecule has 2 nitrogen and oxygen atoms in total. The minimum Gasteiger partial charge on any atom is -0.493 e. The zero-order valence-electron chi connectivity index (χ0n) is 9.85. The minimum atomic E-state index is 0.0219. The van der Waals surface area contributed by atoms with Gasteiger partial charge >= 0.3 is 0 Å². The number of hydrogen-bond acceptors (Lipinski definition) is 2. The average molecular weight is 240 g/mol. The Bertz CT molecular complexity index is 401. The number of fused-ring (bicyclic) bond motifs is 1.